The van der Waals surface area contributed by atoms with Crippen LogP contribution in [-0.2, 0) is 5.41 Å². The maximum absolute atomic E-state index is 2.45. The van der Waals surface area contributed by atoms with Gasteiger partial charge < -0.3 is 9.47 Å². The molecule has 0 aliphatic heterocycles. The average Bonchev–Trinajstić information content (AvgIpc) is 3.80. The smallest absolute Gasteiger partial charge is 0.0541 e. The molecular formula is C61H46N2. The normalized spacial score (nSPS) is 15.1. The van der Waals surface area contributed by atoms with E-state index in [1.54, 1.807) is 0 Å². The first-order chi connectivity index (χ1) is 31.0. The van der Waals surface area contributed by atoms with Gasteiger partial charge in [0.1, 0.15) is 0 Å². The van der Waals surface area contributed by atoms with E-state index in [2.05, 4.69) is 248 Å². The molecule has 1 atom stereocenters. The van der Waals surface area contributed by atoms with Crippen LogP contribution in [0.1, 0.15) is 48.4 Å². The first kappa shape index (κ1) is 37.1. The van der Waals surface area contributed by atoms with Crippen molar-refractivity contribution >= 4 is 55.2 Å². The fourth-order valence-electron chi connectivity index (χ4n) is 10.5. The Morgan fingerprint density at radius 2 is 1.11 bits per heavy atom. The third kappa shape index (κ3) is 6.24. The molecule has 2 aliphatic carbocycles. The highest BCUT2D eigenvalue weighted by atomic mass is 15.1. The second-order valence-corrected chi connectivity index (χ2v) is 17.7. The molecule has 63 heavy (non-hydrogen) atoms. The van der Waals surface area contributed by atoms with Gasteiger partial charge in [0.05, 0.1) is 11.0 Å². The second-order valence-electron chi connectivity index (χ2n) is 17.7. The van der Waals surface area contributed by atoms with Gasteiger partial charge in [-0.05, 0) is 134 Å². The maximum Gasteiger partial charge on any atom is 0.0541 e. The van der Waals surface area contributed by atoms with E-state index in [1.807, 2.05) is 0 Å². The zero-order valence-corrected chi connectivity index (χ0v) is 35.5. The molecule has 0 saturated heterocycles. The van der Waals surface area contributed by atoms with Crippen molar-refractivity contribution in [3.63, 3.8) is 0 Å². The maximum atomic E-state index is 2.45. The molecule has 1 heterocycles. The van der Waals surface area contributed by atoms with E-state index < -0.39 is 0 Å². The standard InChI is InChI=1S/C61H46N2/c1-61(2)57-39-51(32-34-53(57)54-35-33-52(40-58(54)61)63-59-24-10-8-22-55(59)56-23-9-11-25-60(56)63)62(49-30-28-43(29-31-49)48-27-26-42-16-6-7-17-44(42)37-48)50-21-13-20-47(38-50)46-19-12-18-45(36-46)41-14-4-3-5-15-41/h3-35,37-40,45H,36H2,1-2H3. The lowest BCUT2D eigenvalue weighted by molar-refractivity contribution is 0.660. The van der Waals surface area contributed by atoms with Gasteiger partial charge >= 0.3 is 0 Å². The van der Waals surface area contributed by atoms with Gasteiger partial charge in [-0.15, -0.1) is 0 Å². The molecule has 0 saturated carbocycles. The van der Waals surface area contributed by atoms with Crippen LogP contribution in [0.5, 0.6) is 0 Å². The summed E-state index contributed by atoms with van der Waals surface area (Å²) in [6, 6.07) is 76.3. The van der Waals surface area contributed by atoms with E-state index >= 15 is 0 Å². The summed E-state index contributed by atoms with van der Waals surface area (Å²) < 4.78 is 2.44. The van der Waals surface area contributed by atoms with Crippen molar-refractivity contribution < 1.29 is 0 Å². The number of allylic oxidation sites excluding steroid dienone is 4. The lowest BCUT2D eigenvalue weighted by atomic mass is 9.82. The molecule has 12 rings (SSSR count). The van der Waals surface area contributed by atoms with Crippen LogP contribution in [0.2, 0.25) is 0 Å². The van der Waals surface area contributed by atoms with Crippen molar-refractivity contribution in [2.75, 3.05) is 4.90 Å². The summed E-state index contributed by atoms with van der Waals surface area (Å²) in [6.07, 6.45) is 7.83. The molecule has 300 valence electrons. The monoisotopic (exact) mass is 806 g/mol. The molecule has 9 aromatic carbocycles. The zero-order chi connectivity index (χ0) is 42.1. The van der Waals surface area contributed by atoms with Gasteiger partial charge in [-0.1, -0.05) is 172 Å². The summed E-state index contributed by atoms with van der Waals surface area (Å²) in [7, 11) is 0. The zero-order valence-electron chi connectivity index (χ0n) is 35.5. The predicted octanol–water partition coefficient (Wildman–Crippen LogP) is 16.5. The van der Waals surface area contributed by atoms with Crippen molar-refractivity contribution in [1.82, 2.24) is 4.57 Å². The van der Waals surface area contributed by atoms with Crippen LogP contribution in [-0.4, -0.2) is 4.57 Å². The summed E-state index contributed by atoms with van der Waals surface area (Å²) in [5, 5.41) is 5.07. The molecule has 1 unspecified atom stereocenters. The average molecular weight is 807 g/mol. The Bertz CT molecular complexity index is 3400. The Kier molecular flexibility index (Phi) is 8.69. The van der Waals surface area contributed by atoms with Crippen molar-refractivity contribution in [2.24, 2.45) is 0 Å². The highest BCUT2D eigenvalue weighted by Gasteiger charge is 2.36. The first-order valence-corrected chi connectivity index (χ1v) is 22.2. The summed E-state index contributed by atoms with van der Waals surface area (Å²) in [5.41, 5.74) is 18.5. The quantitative estimate of drug-likeness (QED) is 0.156. The minimum absolute atomic E-state index is 0.228. The molecule has 0 radical (unpaired) electrons. The van der Waals surface area contributed by atoms with Crippen LogP contribution < -0.4 is 4.90 Å². The molecule has 2 nitrogen and oxygen atoms in total. The summed E-state index contributed by atoms with van der Waals surface area (Å²) in [4.78, 5) is 2.45. The highest BCUT2D eigenvalue weighted by molar-refractivity contribution is 6.09. The molecule has 1 aromatic heterocycles. The number of rotatable bonds is 7. The fourth-order valence-corrected chi connectivity index (χ4v) is 10.5. The predicted molar refractivity (Wildman–Crippen MR) is 267 cm³/mol. The molecule has 2 aliphatic rings. The van der Waals surface area contributed by atoms with Crippen molar-refractivity contribution in [2.45, 2.75) is 31.6 Å². The minimum atomic E-state index is -0.228. The Balaban J connectivity index is 0.953. The van der Waals surface area contributed by atoms with Gasteiger partial charge in [0, 0.05) is 44.9 Å². The number of hydrogen-bond acceptors (Lipinski definition) is 1. The van der Waals surface area contributed by atoms with Crippen molar-refractivity contribution in [3.8, 4) is 27.9 Å². The third-order valence-corrected chi connectivity index (χ3v) is 13.7. The lowest BCUT2D eigenvalue weighted by Crippen LogP contribution is -2.17. The van der Waals surface area contributed by atoms with Crippen LogP contribution in [0.4, 0.5) is 17.1 Å². The number of fused-ring (bicyclic) bond motifs is 7. The molecule has 0 bridgehead atoms. The number of para-hydroxylation sites is 2. The first-order valence-electron chi connectivity index (χ1n) is 22.2. The molecule has 0 N–H and O–H groups in total. The number of benzene rings is 9. The molecule has 10 aromatic rings. The Morgan fingerprint density at radius 1 is 0.476 bits per heavy atom. The SMILES string of the molecule is CC1(C)c2cc(N(c3ccc(-c4ccc5ccccc5c4)cc3)c3cccc(C4=CC=CC(c5ccccc5)C4)c3)ccc2-c2ccc(-n3c4ccccc4c4ccccc43)cc21. The molecule has 0 amide bonds. The number of nitrogens with zero attached hydrogens (tertiary/aromatic N) is 2. The van der Waals surface area contributed by atoms with Crippen LogP contribution in [0.25, 0.3) is 66.1 Å². The fraction of sp³-hybridized carbons (Fsp3) is 0.0820. The van der Waals surface area contributed by atoms with E-state index in [4.69, 9.17) is 0 Å². The van der Waals surface area contributed by atoms with Crippen LogP contribution in [0, 0.1) is 0 Å². The van der Waals surface area contributed by atoms with Crippen LogP contribution in [0.3, 0.4) is 0 Å². The van der Waals surface area contributed by atoms with Crippen LogP contribution >= 0.6 is 0 Å². The minimum Gasteiger partial charge on any atom is -0.310 e. The molecular weight excluding hydrogens is 761 g/mol. The molecule has 2 heteroatoms. The van der Waals surface area contributed by atoms with E-state index in [0.29, 0.717) is 5.92 Å². The number of hydrogen-bond donors (Lipinski definition) is 0. The Hall–Kier alpha value is -7.68. The second kappa shape index (κ2) is 14.8. The Morgan fingerprint density at radius 3 is 1.89 bits per heavy atom. The lowest BCUT2D eigenvalue weighted by Gasteiger charge is -2.29. The summed E-state index contributed by atoms with van der Waals surface area (Å²) in [5.74, 6) is 0.352. The van der Waals surface area contributed by atoms with Crippen molar-refractivity contribution in [3.05, 3.63) is 247 Å². The van der Waals surface area contributed by atoms with E-state index in [-0.39, 0.29) is 5.41 Å². The summed E-state index contributed by atoms with van der Waals surface area (Å²) >= 11 is 0. The van der Waals surface area contributed by atoms with Crippen molar-refractivity contribution in [1.29, 1.82) is 0 Å². The Labute approximate surface area is 369 Å². The van der Waals surface area contributed by atoms with Crippen LogP contribution in [0.15, 0.2) is 224 Å². The van der Waals surface area contributed by atoms with Gasteiger partial charge in [0.25, 0.3) is 0 Å². The highest BCUT2D eigenvalue weighted by Crippen LogP contribution is 2.52. The number of aromatic nitrogens is 1. The van der Waals surface area contributed by atoms with Gasteiger partial charge in [0.15, 0.2) is 0 Å². The van der Waals surface area contributed by atoms with Gasteiger partial charge in [-0.25, -0.2) is 0 Å². The van der Waals surface area contributed by atoms with E-state index in [1.165, 1.54) is 88.3 Å². The van der Waals surface area contributed by atoms with Gasteiger partial charge in [-0.2, -0.15) is 0 Å². The topological polar surface area (TPSA) is 8.17 Å². The van der Waals surface area contributed by atoms with E-state index in [9.17, 15) is 0 Å². The molecule has 0 fully saturated rings. The summed E-state index contributed by atoms with van der Waals surface area (Å²) in [6.45, 7) is 4.79. The largest absolute Gasteiger partial charge is 0.310 e. The third-order valence-electron chi connectivity index (χ3n) is 13.7. The molecule has 0 spiro atoms. The van der Waals surface area contributed by atoms with Gasteiger partial charge in [-0.3, -0.25) is 0 Å². The van der Waals surface area contributed by atoms with E-state index in [0.717, 1.165) is 23.5 Å². The number of anilines is 3. The van der Waals surface area contributed by atoms with Gasteiger partial charge in [0.2, 0.25) is 0 Å².